The van der Waals surface area contributed by atoms with Crippen LogP contribution in [-0.2, 0) is 21.6 Å². The van der Waals surface area contributed by atoms with Gasteiger partial charge in [0.05, 0.1) is 13.2 Å². The van der Waals surface area contributed by atoms with Crippen molar-refractivity contribution in [3.05, 3.63) is 70.1 Å². The van der Waals surface area contributed by atoms with E-state index in [1.54, 1.807) is 13.0 Å². The quantitative estimate of drug-likeness (QED) is 0.470. The van der Waals surface area contributed by atoms with Crippen molar-refractivity contribution in [3.8, 4) is 0 Å². The molecule has 0 saturated carbocycles. The number of imide groups is 1. The standard InChI is InChI=1S/C22H18F2N2O4S/c1-3-30-19(27)18-14(17-15(24)5-4-6-16(17)31-18)11-26-20(28)22(2,25-21(26)29)12-7-9-13(23)10-8-12/h4-10H,3,11H2,1-2H3,(H,25,29). The molecule has 1 aromatic heterocycles. The van der Waals surface area contributed by atoms with E-state index >= 15 is 0 Å². The molecule has 0 bridgehead atoms. The Labute approximate surface area is 180 Å². The van der Waals surface area contributed by atoms with Crippen molar-refractivity contribution >= 4 is 39.3 Å². The normalized spacial score (nSPS) is 18.5. The number of benzene rings is 2. The number of nitrogens with one attached hydrogen (secondary N) is 1. The van der Waals surface area contributed by atoms with Gasteiger partial charge in [0.2, 0.25) is 0 Å². The minimum Gasteiger partial charge on any atom is -0.462 e. The zero-order valence-electron chi connectivity index (χ0n) is 16.7. The SMILES string of the molecule is CCOC(=O)c1sc2cccc(F)c2c1CN1C(=O)NC(C)(c2ccc(F)cc2)C1=O. The van der Waals surface area contributed by atoms with Gasteiger partial charge in [-0.05, 0) is 43.7 Å². The lowest BCUT2D eigenvalue weighted by Crippen LogP contribution is -2.40. The Hall–Kier alpha value is -3.33. The van der Waals surface area contributed by atoms with E-state index in [2.05, 4.69) is 5.32 Å². The molecule has 31 heavy (non-hydrogen) atoms. The van der Waals surface area contributed by atoms with E-state index in [0.29, 0.717) is 10.3 Å². The highest BCUT2D eigenvalue weighted by Crippen LogP contribution is 2.37. The van der Waals surface area contributed by atoms with Gasteiger partial charge in [-0.3, -0.25) is 9.69 Å². The molecule has 1 unspecified atom stereocenters. The van der Waals surface area contributed by atoms with Crippen LogP contribution in [0.4, 0.5) is 13.6 Å². The van der Waals surface area contributed by atoms with Crippen molar-refractivity contribution in [2.24, 2.45) is 0 Å². The van der Waals surface area contributed by atoms with E-state index in [1.165, 1.54) is 43.3 Å². The number of esters is 1. The molecule has 0 spiro atoms. The van der Waals surface area contributed by atoms with Crippen molar-refractivity contribution in [1.82, 2.24) is 10.2 Å². The van der Waals surface area contributed by atoms with Gasteiger partial charge in [0, 0.05) is 15.6 Å². The average Bonchev–Trinajstić information content (AvgIpc) is 3.21. The molecule has 9 heteroatoms. The number of halogens is 2. The van der Waals surface area contributed by atoms with Crippen LogP contribution in [0.5, 0.6) is 0 Å². The Bertz CT molecular complexity index is 1210. The van der Waals surface area contributed by atoms with Crippen molar-refractivity contribution in [1.29, 1.82) is 0 Å². The summed E-state index contributed by atoms with van der Waals surface area (Å²) in [6.07, 6.45) is 0. The lowest BCUT2D eigenvalue weighted by atomic mass is 9.92. The molecule has 1 fully saturated rings. The zero-order valence-corrected chi connectivity index (χ0v) is 17.5. The molecule has 2 heterocycles. The number of nitrogens with zero attached hydrogens (tertiary/aromatic N) is 1. The molecule has 0 radical (unpaired) electrons. The Morgan fingerprint density at radius 1 is 1.16 bits per heavy atom. The predicted molar refractivity (Wildman–Crippen MR) is 111 cm³/mol. The summed E-state index contributed by atoms with van der Waals surface area (Å²) >= 11 is 1.04. The smallest absolute Gasteiger partial charge is 0.348 e. The van der Waals surface area contributed by atoms with Crippen LogP contribution in [0.1, 0.15) is 34.6 Å². The van der Waals surface area contributed by atoms with Crippen LogP contribution in [0.2, 0.25) is 0 Å². The predicted octanol–water partition coefficient (Wildman–Crippen LogP) is 4.32. The molecular weight excluding hydrogens is 426 g/mol. The molecule has 1 aliphatic rings. The third-order valence-electron chi connectivity index (χ3n) is 5.24. The number of hydrogen-bond acceptors (Lipinski definition) is 5. The molecule has 1 aliphatic heterocycles. The topological polar surface area (TPSA) is 75.7 Å². The first-order valence-electron chi connectivity index (χ1n) is 9.53. The maximum absolute atomic E-state index is 14.6. The van der Waals surface area contributed by atoms with Gasteiger partial charge in [0.25, 0.3) is 5.91 Å². The van der Waals surface area contributed by atoms with Gasteiger partial charge in [-0.15, -0.1) is 11.3 Å². The molecule has 4 rings (SSSR count). The number of amides is 3. The third kappa shape index (κ3) is 3.44. The van der Waals surface area contributed by atoms with Gasteiger partial charge in [-0.1, -0.05) is 18.2 Å². The third-order valence-corrected chi connectivity index (χ3v) is 6.41. The number of carbonyl (C=O) groups excluding carboxylic acids is 3. The van der Waals surface area contributed by atoms with E-state index in [0.717, 1.165) is 16.2 Å². The fourth-order valence-corrected chi connectivity index (χ4v) is 4.78. The fraction of sp³-hybridized carbons (Fsp3) is 0.227. The molecule has 3 amide bonds. The summed E-state index contributed by atoms with van der Waals surface area (Å²) in [4.78, 5) is 39.5. The van der Waals surface area contributed by atoms with Crippen LogP contribution in [0.15, 0.2) is 42.5 Å². The molecule has 0 aliphatic carbocycles. The van der Waals surface area contributed by atoms with Crippen LogP contribution in [0.25, 0.3) is 10.1 Å². The Morgan fingerprint density at radius 2 is 1.87 bits per heavy atom. The van der Waals surface area contributed by atoms with Gasteiger partial charge in [0.15, 0.2) is 0 Å². The highest BCUT2D eigenvalue weighted by Gasteiger charge is 2.49. The summed E-state index contributed by atoms with van der Waals surface area (Å²) in [6, 6.07) is 8.97. The molecule has 1 atom stereocenters. The molecular formula is C22H18F2N2O4S. The van der Waals surface area contributed by atoms with E-state index < -0.39 is 35.1 Å². The minimum atomic E-state index is -1.42. The number of fused-ring (bicyclic) bond motifs is 1. The first kappa shape index (κ1) is 20.9. The lowest BCUT2D eigenvalue weighted by molar-refractivity contribution is -0.131. The van der Waals surface area contributed by atoms with Gasteiger partial charge >= 0.3 is 12.0 Å². The fourth-order valence-electron chi connectivity index (χ4n) is 3.66. The van der Waals surface area contributed by atoms with Crippen LogP contribution in [0.3, 0.4) is 0 Å². The molecule has 6 nitrogen and oxygen atoms in total. The average molecular weight is 444 g/mol. The molecule has 2 aromatic carbocycles. The lowest BCUT2D eigenvalue weighted by Gasteiger charge is -2.22. The monoisotopic (exact) mass is 444 g/mol. The molecule has 1 N–H and O–H groups in total. The molecule has 160 valence electrons. The zero-order chi connectivity index (χ0) is 22.3. The Morgan fingerprint density at radius 3 is 2.55 bits per heavy atom. The summed E-state index contributed by atoms with van der Waals surface area (Å²) in [5, 5.41) is 2.80. The van der Waals surface area contributed by atoms with E-state index in [4.69, 9.17) is 4.74 Å². The van der Waals surface area contributed by atoms with Crippen LogP contribution < -0.4 is 5.32 Å². The maximum atomic E-state index is 14.6. The first-order chi connectivity index (χ1) is 14.8. The van der Waals surface area contributed by atoms with Gasteiger partial charge in [-0.25, -0.2) is 18.4 Å². The highest BCUT2D eigenvalue weighted by atomic mass is 32.1. The van der Waals surface area contributed by atoms with Crippen LogP contribution in [0, 0.1) is 11.6 Å². The van der Waals surface area contributed by atoms with Gasteiger partial charge in [-0.2, -0.15) is 0 Å². The highest BCUT2D eigenvalue weighted by molar-refractivity contribution is 7.21. The summed E-state index contributed by atoms with van der Waals surface area (Å²) in [5.41, 5.74) is -0.802. The van der Waals surface area contributed by atoms with Gasteiger partial charge in [0.1, 0.15) is 22.1 Å². The number of rotatable bonds is 5. The minimum absolute atomic E-state index is 0.126. The molecule has 1 saturated heterocycles. The maximum Gasteiger partial charge on any atom is 0.348 e. The van der Waals surface area contributed by atoms with E-state index in [9.17, 15) is 23.2 Å². The second kappa shape index (κ2) is 7.73. The summed E-state index contributed by atoms with van der Waals surface area (Å²) in [5.74, 6) is -2.27. The molecule has 3 aromatic rings. The van der Waals surface area contributed by atoms with Crippen molar-refractivity contribution in [2.45, 2.75) is 25.9 Å². The van der Waals surface area contributed by atoms with Crippen LogP contribution >= 0.6 is 11.3 Å². The first-order valence-corrected chi connectivity index (χ1v) is 10.3. The van der Waals surface area contributed by atoms with Crippen molar-refractivity contribution in [2.75, 3.05) is 6.61 Å². The summed E-state index contributed by atoms with van der Waals surface area (Å²) < 4.78 is 33.5. The number of urea groups is 1. The number of ether oxygens (including phenoxy) is 1. The number of thiophene rings is 1. The van der Waals surface area contributed by atoms with E-state index in [1.807, 2.05) is 0 Å². The second-order valence-electron chi connectivity index (χ2n) is 7.20. The van der Waals surface area contributed by atoms with E-state index in [-0.39, 0.29) is 29.0 Å². The summed E-state index contributed by atoms with van der Waals surface area (Å²) in [6.45, 7) is 2.98. The van der Waals surface area contributed by atoms with Gasteiger partial charge < -0.3 is 10.1 Å². The van der Waals surface area contributed by atoms with Crippen LogP contribution in [-0.4, -0.2) is 29.4 Å². The largest absolute Gasteiger partial charge is 0.462 e. The number of hydrogen-bond donors (Lipinski definition) is 1. The second-order valence-corrected chi connectivity index (χ2v) is 8.25. The van der Waals surface area contributed by atoms with Crippen molar-refractivity contribution in [3.63, 3.8) is 0 Å². The van der Waals surface area contributed by atoms with Crippen molar-refractivity contribution < 1.29 is 27.9 Å². The Kier molecular flexibility index (Phi) is 5.22. The Balaban J connectivity index is 1.76. The number of carbonyl (C=O) groups is 3. The summed E-state index contributed by atoms with van der Waals surface area (Å²) in [7, 11) is 0.